The van der Waals surface area contributed by atoms with Gasteiger partial charge >= 0.3 is 0 Å². The summed E-state index contributed by atoms with van der Waals surface area (Å²) in [5.41, 5.74) is 2.87. The summed E-state index contributed by atoms with van der Waals surface area (Å²) in [6, 6.07) is 8.12. The normalized spacial score (nSPS) is 13.7. The van der Waals surface area contributed by atoms with Crippen LogP contribution < -0.4 is 4.90 Å². The molecule has 0 spiro atoms. The number of carbonyl (C=O) groups excluding carboxylic acids is 1. The van der Waals surface area contributed by atoms with Gasteiger partial charge in [0, 0.05) is 18.4 Å². The summed E-state index contributed by atoms with van der Waals surface area (Å²) in [6.07, 6.45) is 1.43. The number of halogens is 1. The number of aromatic nitrogens is 1. The summed E-state index contributed by atoms with van der Waals surface area (Å²) in [6.45, 7) is 4.62. The number of hydrogen-bond acceptors (Lipinski definition) is 4. The highest BCUT2D eigenvalue weighted by molar-refractivity contribution is 6.02. The molecule has 6 heteroatoms. The van der Waals surface area contributed by atoms with E-state index in [-0.39, 0.29) is 17.4 Å². The molecular weight excluding hydrogens is 295 g/mol. The van der Waals surface area contributed by atoms with E-state index in [1.54, 1.807) is 17.0 Å². The van der Waals surface area contributed by atoms with Crippen molar-refractivity contribution in [2.75, 3.05) is 18.1 Å². The van der Waals surface area contributed by atoms with Crippen molar-refractivity contribution in [1.29, 1.82) is 5.26 Å². The number of benzene rings is 1. The Balaban J connectivity index is 2.19. The van der Waals surface area contributed by atoms with E-state index in [9.17, 15) is 9.18 Å². The molecule has 0 aliphatic carbocycles. The number of rotatable bonds is 2. The van der Waals surface area contributed by atoms with E-state index in [2.05, 4.69) is 4.98 Å². The van der Waals surface area contributed by atoms with Crippen molar-refractivity contribution in [2.45, 2.75) is 13.8 Å². The predicted molar refractivity (Wildman–Crippen MR) is 83.8 cm³/mol. The zero-order valence-corrected chi connectivity index (χ0v) is 12.9. The highest BCUT2D eigenvalue weighted by atomic mass is 19.1. The van der Waals surface area contributed by atoms with Gasteiger partial charge in [-0.3, -0.25) is 4.79 Å². The van der Waals surface area contributed by atoms with Gasteiger partial charge in [0.15, 0.2) is 0 Å². The standard InChI is InChI=1S/C17H15FN4O/c1-3-21-10-22(15-5-4-12(18)6-11(15)2)16-7-13(8-19)20-9-14(16)17(21)23/h4-7,9H,3,10H2,1-2H3. The Morgan fingerprint density at radius 3 is 2.78 bits per heavy atom. The average Bonchev–Trinajstić information content (AvgIpc) is 2.55. The third kappa shape index (κ3) is 2.50. The van der Waals surface area contributed by atoms with Crippen molar-refractivity contribution in [2.24, 2.45) is 0 Å². The maximum atomic E-state index is 13.4. The number of amides is 1. The molecule has 1 aliphatic rings. The first-order valence-electron chi connectivity index (χ1n) is 7.28. The lowest BCUT2D eigenvalue weighted by Crippen LogP contribution is -2.44. The van der Waals surface area contributed by atoms with Crippen LogP contribution in [-0.4, -0.2) is 29.0 Å². The molecule has 0 atom stereocenters. The molecule has 5 nitrogen and oxygen atoms in total. The monoisotopic (exact) mass is 310 g/mol. The van der Waals surface area contributed by atoms with E-state index in [4.69, 9.17) is 5.26 Å². The van der Waals surface area contributed by atoms with Crippen LogP contribution in [0, 0.1) is 24.1 Å². The molecular formula is C17H15FN4O. The molecule has 1 aromatic carbocycles. The fourth-order valence-corrected chi connectivity index (χ4v) is 2.75. The first-order chi connectivity index (χ1) is 11.0. The third-order valence-electron chi connectivity index (χ3n) is 3.95. The molecule has 0 saturated heterocycles. The van der Waals surface area contributed by atoms with Crippen molar-refractivity contribution in [1.82, 2.24) is 9.88 Å². The second-order valence-electron chi connectivity index (χ2n) is 5.36. The van der Waals surface area contributed by atoms with Crippen LogP contribution in [0.15, 0.2) is 30.5 Å². The molecule has 1 aliphatic heterocycles. The highest BCUT2D eigenvalue weighted by Crippen LogP contribution is 2.35. The Labute approximate surface area is 133 Å². The van der Waals surface area contributed by atoms with Gasteiger partial charge in [-0.25, -0.2) is 9.37 Å². The molecule has 0 bridgehead atoms. The van der Waals surface area contributed by atoms with Crippen LogP contribution in [0.4, 0.5) is 15.8 Å². The summed E-state index contributed by atoms with van der Waals surface area (Å²) in [5.74, 6) is -0.421. The van der Waals surface area contributed by atoms with Crippen molar-refractivity contribution < 1.29 is 9.18 Å². The third-order valence-corrected chi connectivity index (χ3v) is 3.95. The maximum Gasteiger partial charge on any atom is 0.258 e. The quantitative estimate of drug-likeness (QED) is 0.855. The summed E-state index contributed by atoms with van der Waals surface area (Å²) in [7, 11) is 0. The van der Waals surface area contributed by atoms with Crippen molar-refractivity contribution in [3.8, 4) is 6.07 Å². The molecule has 1 amide bonds. The molecule has 23 heavy (non-hydrogen) atoms. The predicted octanol–water partition coefficient (Wildman–Crippen LogP) is 2.97. The number of aryl methyl sites for hydroxylation is 1. The first-order valence-corrected chi connectivity index (χ1v) is 7.28. The SMILES string of the molecule is CCN1CN(c2ccc(F)cc2C)c2cc(C#N)ncc2C1=O. The average molecular weight is 310 g/mol. The van der Waals surface area contributed by atoms with Crippen LogP contribution in [0.2, 0.25) is 0 Å². The first kappa shape index (κ1) is 15.0. The van der Waals surface area contributed by atoms with E-state index in [0.717, 1.165) is 11.3 Å². The molecule has 3 rings (SSSR count). The van der Waals surface area contributed by atoms with Crippen molar-refractivity contribution in [3.05, 3.63) is 53.1 Å². The number of nitriles is 1. The summed E-state index contributed by atoms with van der Waals surface area (Å²) in [4.78, 5) is 20.1. The van der Waals surface area contributed by atoms with E-state index >= 15 is 0 Å². The van der Waals surface area contributed by atoms with Crippen LogP contribution in [0.5, 0.6) is 0 Å². The molecule has 116 valence electrons. The molecule has 2 heterocycles. The summed E-state index contributed by atoms with van der Waals surface area (Å²) in [5, 5.41) is 9.08. The topological polar surface area (TPSA) is 60.2 Å². The lowest BCUT2D eigenvalue weighted by Gasteiger charge is -2.38. The van der Waals surface area contributed by atoms with E-state index in [1.807, 2.05) is 24.8 Å². The van der Waals surface area contributed by atoms with Gasteiger partial charge in [-0.05, 0) is 43.7 Å². The Bertz CT molecular complexity index is 828. The molecule has 0 N–H and O–H groups in total. The van der Waals surface area contributed by atoms with Crippen LogP contribution in [0.25, 0.3) is 0 Å². The zero-order chi connectivity index (χ0) is 16.6. The largest absolute Gasteiger partial charge is 0.322 e. The van der Waals surface area contributed by atoms with Gasteiger partial charge in [0.25, 0.3) is 5.91 Å². The minimum absolute atomic E-state index is 0.115. The zero-order valence-electron chi connectivity index (χ0n) is 12.9. The van der Waals surface area contributed by atoms with E-state index in [1.165, 1.54) is 18.3 Å². The highest BCUT2D eigenvalue weighted by Gasteiger charge is 2.30. The van der Waals surface area contributed by atoms with Crippen molar-refractivity contribution in [3.63, 3.8) is 0 Å². The summed E-state index contributed by atoms with van der Waals surface area (Å²) >= 11 is 0. The number of hydrogen-bond donors (Lipinski definition) is 0. The van der Waals surface area contributed by atoms with Gasteiger partial charge in [-0.2, -0.15) is 5.26 Å². The van der Waals surface area contributed by atoms with Gasteiger partial charge in [-0.15, -0.1) is 0 Å². The summed E-state index contributed by atoms with van der Waals surface area (Å²) < 4.78 is 13.4. The Hall–Kier alpha value is -2.94. The van der Waals surface area contributed by atoms with Crippen LogP contribution in [0.3, 0.4) is 0 Å². The second kappa shape index (κ2) is 5.69. The number of carbonyl (C=O) groups is 1. The van der Waals surface area contributed by atoms with Gasteiger partial charge in [-0.1, -0.05) is 0 Å². The fraction of sp³-hybridized carbons (Fsp3) is 0.235. The minimum Gasteiger partial charge on any atom is -0.322 e. The minimum atomic E-state index is -0.306. The van der Waals surface area contributed by atoms with Crippen LogP contribution in [0.1, 0.15) is 28.5 Å². The molecule has 0 radical (unpaired) electrons. The Kier molecular flexibility index (Phi) is 3.70. The van der Waals surface area contributed by atoms with E-state index < -0.39 is 0 Å². The number of fused-ring (bicyclic) bond motifs is 1. The molecule has 2 aromatic rings. The fourth-order valence-electron chi connectivity index (χ4n) is 2.75. The van der Waals surface area contributed by atoms with Gasteiger partial charge in [0.1, 0.15) is 17.6 Å². The van der Waals surface area contributed by atoms with E-state index in [0.29, 0.717) is 24.5 Å². The molecule has 0 saturated carbocycles. The van der Waals surface area contributed by atoms with Gasteiger partial charge < -0.3 is 9.80 Å². The van der Waals surface area contributed by atoms with Gasteiger partial charge in [0.2, 0.25) is 0 Å². The van der Waals surface area contributed by atoms with Crippen molar-refractivity contribution >= 4 is 17.3 Å². The maximum absolute atomic E-state index is 13.4. The lowest BCUT2D eigenvalue weighted by atomic mass is 10.1. The molecule has 0 unspecified atom stereocenters. The van der Waals surface area contributed by atoms with Crippen LogP contribution in [-0.2, 0) is 0 Å². The Morgan fingerprint density at radius 2 is 2.13 bits per heavy atom. The molecule has 1 aromatic heterocycles. The molecule has 0 fully saturated rings. The number of pyridine rings is 1. The van der Waals surface area contributed by atoms with Crippen LogP contribution >= 0.6 is 0 Å². The number of anilines is 2. The van der Waals surface area contributed by atoms with Gasteiger partial charge in [0.05, 0.1) is 17.9 Å². The number of nitrogens with zero attached hydrogens (tertiary/aromatic N) is 4. The Morgan fingerprint density at radius 1 is 1.35 bits per heavy atom. The second-order valence-corrected chi connectivity index (χ2v) is 5.36. The smallest absolute Gasteiger partial charge is 0.258 e. The lowest BCUT2D eigenvalue weighted by molar-refractivity contribution is 0.0756.